The molecule has 1 heterocycles. The Morgan fingerprint density at radius 3 is 2.58 bits per heavy atom. The van der Waals surface area contributed by atoms with Gasteiger partial charge in [-0.25, -0.2) is 8.42 Å². The van der Waals surface area contributed by atoms with Crippen molar-refractivity contribution in [1.82, 2.24) is 0 Å². The Bertz CT molecular complexity index is 487. The van der Waals surface area contributed by atoms with E-state index in [9.17, 15) is 8.42 Å². The molecular formula is C14H20O4S. The Morgan fingerprint density at radius 2 is 2.00 bits per heavy atom. The van der Waals surface area contributed by atoms with Crippen LogP contribution >= 0.6 is 0 Å². The van der Waals surface area contributed by atoms with Crippen LogP contribution in [0.4, 0.5) is 0 Å². The van der Waals surface area contributed by atoms with Crippen LogP contribution in [0.5, 0.6) is 0 Å². The van der Waals surface area contributed by atoms with E-state index in [4.69, 9.17) is 9.47 Å². The first kappa shape index (κ1) is 14.5. The highest BCUT2D eigenvalue weighted by molar-refractivity contribution is 7.91. The number of rotatable bonds is 5. The van der Waals surface area contributed by atoms with Gasteiger partial charge in [0.2, 0.25) is 0 Å². The van der Waals surface area contributed by atoms with Crippen molar-refractivity contribution < 1.29 is 17.9 Å². The quantitative estimate of drug-likeness (QED) is 0.831. The Hall–Kier alpha value is -0.910. The Labute approximate surface area is 114 Å². The number of hydrogen-bond donors (Lipinski definition) is 0. The molecule has 1 aliphatic heterocycles. The van der Waals surface area contributed by atoms with E-state index in [1.807, 2.05) is 0 Å². The van der Waals surface area contributed by atoms with E-state index in [2.05, 4.69) is 0 Å². The molecule has 0 bridgehead atoms. The molecule has 1 aromatic rings. The lowest BCUT2D eigenvalue weighted by atomic mass is 10.1. The molecule has 4 nitrogen and oxygen atoms in total. The largest absolute Gasteiger partial charge is 0.380 e. The summed E-state index contributed by atoms with van der Waals surface area (Å²) in [6, 6.07) is 6.87. The number of ether oxygens (including phenoxy) is 2. The van der Waals surface area contributed by atoms with Crippen LogP contribution in [-0.2, 0) is 25.9 Å². The van der Waals surface area contributed by atoms with Crippen molar-refractivity contribution in [3.63, 3.8) is 0 Å². The van der Waals surface area contributed by atoms with E-state index >= 15 is 0 Å². The predicted octanol–water partition coefficient (Wildman–Crippen LogP) is 2.18. The van der Waals surface area contributed by atoms with Gasteiger partial charge in [0.15, 0.2) is 9.84 Å². The van der Waals surface area contributed by atoms with Crippen LogP contribution in [0.25, 0.3) is 0 Å². The molecule has 1 aliphatic rings. The smallest absolute Gasteiger partial charge is 0.180 e. The summed E-state index contributed by atoms with van der Waals surface area (Å²) in [7, 11) is -1.64. The lowest BCUT2D eigenvalue weighted by molar-refractivity contribution is 0.0305. The summed E-state index contributed by atoms with van der Waals surface area (Å²) in [5.41, 5.74) is 0.968. The summed E-state index contributed by atoms with van der Waals surface area (Å²) < 4.78 is 35.0. The summed E-state index contributed by atoms with van der Waals surface area (Å²) in [5, 5.41) is 0. The van der Waals surface area contributed by atoms with E-state index < -0.39 is 9.84 Å². The lowest BCUT2D eigenvalue weighted by Gasteiger charge is -2.22. The van der Waals surface area contributed by atoms with Gasteiger partial charge in [0, 0.05) is 13.7 Å². The van der Waals surface area contributed by atoms with Crippen LogP contribution in [0, 0.1) is 0 Å². The van der Waals surface area contributed by atoms with Gasteiger partial charge >= 0.3 is 0 Å². The van der Waals surface area contributed by atoms with Crippen molar-refractivity contribution in [2.45, 2.75) is 36.9 Å². The molecule has 0 radical (unpaired) electrons. The van der Waals surface area contributed by atoms with E-state index in [0.717, 1.165) is 24.8 Å². The highest BCUT2D eigenvalue weighted by Gasteiger charge is 2.23. The third-order valence-corrected chi connectivity index (χ3v) is 5.07. The van der Waals surface area contributed by atoms with Gasteiger partial charge in [-0.05, 0) is 37.0 Å². The SMILES string of the molecule is COCc1ccc(S(=O)(=O)CC2CCCCO2)cc1. The molecule has 0 amide bonds. The summed E-state index contributed by atoms with van der Waals surface area (Å²) in [5.74, 6) is 0.0800. The number of benzene rings is 1. The van der Waals surface area contributed by atoms with Crippen molar-refractivity contribution in [2.75, 3.05) is 19.5 Å². The van der Waals surface area contributed by atoms with E-state index in [-0.39, 0.29) is 11.9 Å². The molecule has 1 aromatic carbocycles. The van der Waals surface area contributed by atoms with Gasteiger partial charge < -0.3 is 9.47 Å². The topological polar surface area (TPSA) is 52.6 Å². The van der Waals surface area contributed by atoms with Crippen LogP contribution in [0.15, 0.2) is 29.2 Å². The second kappa shape index (κ2) is 6.50. The van der Waals surface area contributed by atoms with Gasteiger partial charge in [-0.2, -0.15) is 0 Å². The van der Waals surface area contributed by atoms with Crippen molar-refractivity contribution in [3.8, 4) is 0 Å². The Balaban J connectivity index is 2.05. The zero-order valence-corrected chi connectivity index (χ0v) is 12.0. The van der Waals surface area contributed by atoms with Gasteiger partial charge in [0.25, 0.3) is 0 Å². The number of sulfone groups is 1. The molecule has 106 valence electrons. The number of hydrogen-bond acceptors (Lipinski definition) is 4. The maximum absolute atomic E-state index is 12.3. The first-order chi connectivity index (χ1) is 9.12. The normalized spacial score (nSPS) is 20.4. The average molecular weight is 284 g/mol. The van der Waals surface area contributed by atoms with E-state index in [0.29, 0.717) is 18.1 Å². The third kappa shape index (κ3) is 4.03. The molecule has 1 fully saturated rings. The predicted molar refractivity (Wildman–Crippen MR) is 72.8 cm³/mol. The van der Waals surface area contributed by atoms with Crippen molar-refractivity contribution in [1.29, 1.82) is 0 Å². The molecule has 0 N–H and O–H groups in total. The van der Waals surface area contributed by atoms with Gasteiger partial charge in [0.05, 0.1) is 23.4 Å². The minimum Gasteiger partial charge on any atom is -0.380 e. The molecule has 5 heteroatoms. The number of methoxy groups -OCH3 is 1. The molecule has 1 atom stereocenters. The third-order valence-electron chi connectivity index (χ3n) is 3.27. The molecule has 0 aromatic heterocycles. The minimum absolute atomic E-state index is 0.0800. The zero-order valence-electron chi connectivity index (χ0n) is 11.2. The summed E-state index contributed by atoms with van der Waals surface area (Å²) in [4.78, 5) is 0.363. The fourth-order valence-electron chi connectivity index (χ4n) is 2.24. The van der Waals surface area contributed by atoms with Crippen LogP contribution in [0.2, 0.25) is 0 Å². The summed E-state index contributed by atoms with van der Waals surface area (Å²) >= 11 is 0. The monoisotopic (exact) mass is 284 g/mol. The first-order valence-corrected chi connectivity index (χ1v) is 8.19. The highest BCUT2D eigenvalue weighted by Crippen LogP contribution is 2.19. The van der Waals surface area contributed by atoms with Crippen molar-refractivity contribution in [2.24, 2.45) is 0 Å². The molecule has 1 saturated heterocycles. The van der Waals surface area contributed by atoms with Gasteiger partial charge in [-0.15, -0.1) is 0 Å². The maximum Gasteiger partial charge on any atom is 0.180 e. The standard InChI is InChI=1S/C14H20O4S/c1-17-10-12-5-7-14(8-6-12)19(15,16)11-13-4-2-3-9-18-13/h5-8,13H,2-4,9-11H2,1H3. The fourth-order valence-corrected chi connectivity index (χ4v) is 3.74. The molecule has 0 spiro atoms. The van der Waals surface area contributed by atoms with E-state index in [1.165, 1.54) is 0 Å². The van der Waals surface area contributed by atoms with Gasteiger partial charge in [-0.1, -0.05) is 12.1 Å². The molecule has 19 heavy (non-hydrogen) atoms. The minimum atomic E-state index is -3.26. The summed E-state index contributed by atoms with van der Waals surface area (Å²) in [6.45, 7) is 1.17. The molecule has 0 saturated carbocycles. The lowest BCUT2D eigenvalue weighted by Crippen LogP contribution is -2.27. The second-order valence-corrected chi connectivity index (χ2v) is 6.88. The van der Waals surface area contributed by atoms with Gasteiger partial charge in [0.1, 0.15) is 0 Å². The maximum atomic E-state index is 12.3. The van der Waals surface area contributed by atoms with Crippen LogP contribution in [0.1, 0.15) is 24.8 Å². The first-order valence-electron chi connectivity index (χ1n) is 6.54. The Morgan fingerprint density at radius 1 is 1.26 bits per heavy atom. The molecule has 1 unspecified atom stereocenters. The van der Waals surface area contributed by atoms with Crippen LogP contribution in [0.3, 0.4) is 0 Å². The molecule has 2 rings (SSSR count). The van der Waals surface area contributed by atoms with E-state index in [1.54, 1.807) is 31.4 Å². The fraction of sp³-hybridized carbons (Fsp3) is 0.571. The van der Waals surface area contributed by atoms with Crippen LogP contribution in [-0.4, -0.2) is 34.0 Å². The van der Waals surface area contributed by atoms with Crippen LogP contribution < -0.4 is 0 Å². The summed E-state index contributed by atoms with van der Waals surface area (Å²) in [6.07, 6.45) is 2.76. The average Bonchev–Trinajstić information content (AvgIpc) is 2.40. The van der Waals surface area contributed by atoms with Crippen molar-refractivity contribution >= 4 is 9.84 Å². The second-order valence-electron chi connectivity index (χ2n) is 4.85. The highest BCUT2D eigenvalue weighted by atomic mass is 32.2. The molecule has 0 aliphatic carbocycles. The van der Waals surface area contributed by atoms with Crippen molar-refractivity contribution in [3.05, 3.63) is 29.8 Å². The molecular weight excluding hydrogens is 264 g/mol. The Kier molecular flexibility index (Phi) is 4.96. The van der Waals surface area contributed by atoms with Gasteiger partial charge in [-0.3, -0.25) is 0 Å². The zero-order chi connectivity index (χ0) is 13.7.